The molecule has 1 N–H and O–H groups in total. The summed E-state index contributed by atoms with van der Waals surface area (Å²) >= 11 is 0. The van der Waals surface area contributed by atoms with Crippen LogP contribution in [0, 0.1) is 23.7 Å². The molecule has 1 aromatic heterocycles. The van der Waals surface area contributed by atoms with Gasteiger partial charge in [-0.15, -0.1) is 0 Å². The van der Waals surface area contributed by atoms with Crippen LogP contribution in [0.1, 0.15) is 59.1 Å². The van der Waals surface area contributed by atoms with Gasteiger partial charge in [-0.2, -0.15) is 0 Å². The number of nitrogens with one attached hydrogen (secondary N) is 1. The molecule has 3 nitrogen and oxygen atoms in total. The van der Waals surface area contributed by atoms with Crippen LogP contribution in [0.2, 0.25) is 0 Å². The minimum Gasteiger partial charge on any atom is -0.353 e. The molecule has 2 aliphatic carbocycles. The number of nitrogens with zero attached hydrogens (tertiary/aromatic N) is 2. The second-order valence-electron chi connectivity index (χ2n) is 7.98. The highest BCUT2D eigenvalue weighted by molar-refractivity contribution is 5.31. The van der Waals surface area contributed by atoms with Crippen molar-refractivity contribution < 1.29 is 0 Å². The van der Waals surface area contributed by atoms with Crippen molar-refractivity contribution in [3.8, 4) is 0 Å². The highest BCUT2D eigenvalue weighted by Gasteiger charge is 2.64. The third-order valence-corrected chi connectivity index (χ3v) is 6.28. The average molecular weight is 275 g/mol. The Hall–Kier alpha value is -0.990. The first-order chi connectivity index (χ1) is 9.32. The zero-order valence-corrected chi connectivity index (χ0v) is 13.7. The van der Waals surface area contributed by atoms with E-state index in [-0.39, 0.29) is 0 Å². The van der Waals surface area contributed by atoms with Crippen LogP contribution in [0.3, 0.4) is 0 Å². The number of anilines is 1. The molecule has 3 heteroatoms. The Kier molecular flexibility index (Phi) is 3.15. The maximum absolute atomic E-state index is 4.70. The molecule has 2 fully saturated rings. The number of imidazole rings is 1. The molecule has 0 aromatic carbocycles. The smallest absolute Gasteiger partial charge is 0.203 e. The Morgan fingerprint density at radius 2 is 1.80 bits per heavy atom. The van der Waals surface area contributed by atoms with Crippen molar-refractivity contribution in [2.45, 2.75) is 72.9 Å². The van der Waals surface area contributed by atoms with Gasteiger partial charge in [-0.05, 0) is 36.5 Å². The van der Waals surface area contributed by atoms with Gasteiger partial charge in [0.1, 0.15) is 0 Å². The molecule has 0 unspecified atom stereocenters. The normalized spacial score (nSPS) is 25.1. The van der Waals surface area contributed by atoms with E-state index in [1.807, 2.05) is 0 Å². The van der Waals surface area contributed by atoms with Crippen LogP contribution in [0.25, 0.3) is 0 Å². The molecule has 1 heterocycles. The molecule has 2 saturated carbocycles. The fourth-order valence-electron chi connectivity index (χ4n) is 4.04. The number of aryl methyl sites for hydroxylation is 1. The van der Waals surface area contributed by atoms with Crippen molar-refractivity contribution in [2.75, 3.05) is 5.32 Å². The number of rotatable bonds is 4. The van der Waals surface area contributed by atoms with Crippen molar-refractivity contribution in [3.05, 3.63) is 11.9 Å². The molecular formula is C17H29N3. The van der Waals surface area contributed by atoms with Crippen molar-refractivity contribution >= 4 is 5.95 Å². The second kappa shape index (κ2) is 4.51. The number of aromatic nitrogens is 2. The van der Waals surface area contributed by atoms with Gasteiger partial charge in [-0.25, -0.2) is 4.98 Å². The third-order valence-electron chi connectivity index (χ3n) is 6.28. The number of hydrogen-bond acceptors (Lipinski definition) is 2. The summed E-state index contributed by atoms with van der Waals surface area (Å²) in [6.45, 7) is 12.8. The summed E-state index contributed by atoms with van der Waals surface area (Å²) in [4.78, 5) is 4.70. The number of hydrogen-bond donors (Lipinski definition) is 1. The predicted molar refractivity (Wildman–Crippen MR) is 83.9 cm³/mol. The lowest BCUT2D eigenvalue weighted by Crippen LogP contribution is -2.19. The van der Waals surface area contributed by atoms with Crippen LogP contribution in [0.4, 0.5) is 5.95 Å². The Bertz CT molecular complexity index is 478. The summed E-state index contributed by atoms with van der Waals surface area (Å²) in [6, 6.07) is 0.635. The Balaban J connectivity index is 1.73. The lowest BCUT2D eigenvalue weighted by molar-refractivity contribution is 0.457. The van der Waals surface area contributed by atoms with Crippen LogP contribution in [0.5, 0.6) is 0 Å². The van der Waals surface area contributed by atoms with Crippen LogP contribution in [-0.4, -0.2) is 15.6 Å². The molecule has 0 amide bonds. The SMILES string of the molecule is Cc1cn(CC2C(C)(C)C2(C)C)c(NC2CCCC2)n1. The van der Waals surface area contributed by atoms with E-state index in [0.717, 1.165) is 24.1 Å². The molecule has 0 bridgehead atoms. The Labute approximate surface area is 123 Å². The summed E-state index contributed by atoms with van der Waals surface area (Å²) in [5, 5.41) is 3.67. The van der Waals surface area contributed by atoms with Crippen LogP contribution in [0.15, 0.2) is 6.20 Å². The van der Waals surface area contributed by atoms with E-state index in [1.165, 1.54) is 25.7 Å². The van der Waals surface area contributed by atoms with Gasteiger partial charge in [-0.1, -0.05) is 40.5 Å². The van der Waals surface area contributed by atoms with Crippen molar-refractivity contribution in [2.24, 2.45) is 16.7 Å². The largest absolute Gasteiger partial charge is 0.353 e. The highest BCUT2D eigenvalue weighted by atomic mass is 15.2. The summed E-state index contributed by atoms with van der Waals surface area (Å²) in [6.07, 6.45) is 7.53. The summed E-state index contributed by atoms with van der Waals surface area (Å²) in [5.41, 5.74) is 2.01. The predicted octanol–water partition coefficient (Wildman–Crippen LogP) is 4.23. The third kappa shape index (κ3) is 2.15. The van der Waals surface area contributed by atoms with Gasteiger partial charge in [0.05, 0.1) is 5.69 Å². The molecule has 0 aliphatic heterocycles. The van der Waals surface area contributed by atoms with Gasteiger partial charge in [0, 0.05) is 18.8 Å². The maximum atomic E-state index is 4.70. The van der Waals surface area contributed by atoms with E-state index in [4.69, 9.17) is 4.98 Å². The topological polar surface area (TPSA) is 29.9 Å². The molecule has 3 rings (SSSR count). The fraction of sp³-hybridized carbons (Fsp3) is 0.824. The van der Waals surface area contributed by atoms with E-state index in [9.17, 15) is 0 Å². The van der Waals surface area contributed by atoms with Crippen molar-refractivity contribution in [1.29, 1.82) is 0 Å². The minimum atomic E-state index is 0.440. The molecule has 0 atom stereocenters. The standard InChI is InChI=1S/C17H29N3/c1-12-10-20(11-14-16(2,3)17(14,4)5)15(18-12)19-13-8-6-7-9-13/h10,13-14H,6-9,11H2,1-5H3,(H,18,19). The average Bonchev–Trinajstić information content (AvgIpc) is 2.82. The molecule has 112 valence electrons. The summed E-state index contributed by atoms with van der Waals surface area (Å²) in [5.74, 6) is 1.83. The van der Waals surface area contributed by atoms with E-state index in [1.54, 1.807) is 0 Å². The van der Waals surface area contributed by atoms with Gasteiger partial charge < -0.3 is 9.88 Å². The van der Waals surface area contributed by atoms with E-state index in [0.29, 0.717) is 16.9 Å². The van der Waals surface area contributed by atoms with E-state index < -0.39 is 0 Å². The van der Waals surface area contributed by atoms with Crippen molar-refractivity contribution in [1.82, 2.24) is 9.55 Å². The van der Waals surface area contributed by atoms with E-state index in [2.05, 4.69) is 50.7 Å². The first-order valence-corrected chi connectivity index (χ1v) is 8.12. The zero-order valence-electron chi connectivity index (χ0n) is 13.7. The van der Waals surface area contributed by atoms with Crippen molar-refractivity contribution in [3.63, 3.8) is 0 Å². The quantitative estimate of drug-likeness (QED) is 0.891. The molecule has 20 heavy (non-hydrogen) atoms. The molecule has 0 saturated heterocycles. The first-order valence-electron chi connectivity index (χ1n) is 8.12. The molecular weight excluding hydrogens is 246 g/mol. The maximum Gasteiger partial charge on any atom is 0.203 e. The summed E-state index contributed by atoms with van der Waals surface area (Å²) < 4.78 is 2.36. The lowest BCUT2D eigenvalue weighted by atomic mass is 10.0. The minimum absolute atomic E-state index is 0.440. The first kappa shape index (κ1) is 14.0. The molecule has 0 radical (unpaired) electrons. The van der Waals surface area contributed by atoms with Gasteiger partial charge in [-0.3, -0.25) is 0 Å². The van der Waals surface area contributed by atoms with Gasteiger partial charge >= 0.3 is 0 Å². The molecule has 2 aliphatic rings. The summed E-state index contributed by atoms with van der Waals surface area (Å²) in [7, 11) is 0. The lowest BCUT2D eigenvalue weighted by Gasteiger charge is -2.15. The molecule has 1 aromatic rings. The highest BCUT2D eigenvalue weighted by Crippen LogP contribution is 2.68. The van der Waals surface area contributed by atoms with Gasteiger partial charge in [0.25, 0.3) is 0 Å². The van der Waals surface area contributed by atoms with Gasteiger partial charge in [0.15, 0.2) is 0 Å². The molecule has 0 spiro atoms. The zero-order chi connectivity index (χ0) is 14.5. The Morgan fingerprint density at radius 3 is 2.35 bits per heavy atom. The van der Waals surface area contributed by atoms with Crippen LogP contribution in [-0.2, 0) is 6.54 Å². The second-order valence-corrected chi connectivity index (χ2v) is 7.98. The van der Waals surface area contributed by atoms with E-state index >= 15 is 0 Å². The fourth-order valence-corrected chi connectivity index (χ4v) is 4.04. The van der Waals surface area contributed by atoms with Crippen LogP contribution >= 0.6 is 0 Å². The van der Waals surface area contributed by atoms with Gasteiger partial charge in [0.2, 0.25) is 5.95 Å². The Morgan fingerprint density at radius 1 is 1.20 bits per heavy atom. The van der Waals surface area contributed by atoms with Crippen LogP contribution < -0.4 is 5.32 Å². The monoisotopic (exact) mass is 275 g/mol.